The van der Waals surface area contributed by atoms with Gasteiger partial charge in [-0.3, -0.25) is 0 Å². The molecular weight excluding hydrogens is 260 g/mol. The van der Waals surface area contributed by atoms with E-state index in [4.69, 9.17) is 14.6 Å². The van der Waals surface area contributed by atoms with E-state index in [0.717, 1.165) is 0 Å². The van der Waals surface area contributed by atoms with Gasteiger partial charge in [-0.2, -0.15) is 10.5 Å². The molecule has 0 N–H and O–H groups in total. The Kier molecular flexibility index (Phi) is 9.78. The first-order chi connectivity index (χ1) is 7.28. The van der Waals surface area contributed by atoms with Crippen LogP contribution in [0, 0.1) is 21.3 Å². The molecule has 0 saturated heterocycles. The van der Waals surface area contributed by atoms with Gasteiger partial charge in [-0.05, 0) is 23.5 Å². The maximum absolute atomic E-state index is 8.49. The number of thiocyanates is 2. The molecule has 0 heterocycles. The lowest BCUT2D eigenvalue weighted by Gasteiger charge is -2.10. The van der Waals surface area contributed by atoms with E-state index in [2.05, 4.69) is 13.2 Å². The molecule has 0 saturated carbocycles. The second-order valence-corrected chi connectivity index (χ2v) is 9.79. The fourth-order valence-electron chi connectivity index (χ4n) is 0.736. The molecule has 0 bridgehead atoms. The summed E-state index contributed by atoms with van der Waals surface area (Å²) in [6.07, 6.45) is 3.52. The SMILES string of the molecule is C=CC([SiH2]O[SiH2]C(C=C)SC#N)SC#N. The van der Waals surface area contributed by atoms with Crippen molar-refractivity contribution < 1.29 is 4.12 Å². The fraction of sp³-hybridized carbons (Fsp3) is 0.250. The summed E-state index contributed by atoms with van der Waals surface area (Å²) < 4.78 is 5.64. The molecule has 0 aliphatic rings. The normalized spacial score (nSPS) is 14.8. The van der Waals surface area contributed by atoms with Crippen LogP contribution in [-0.2, 0) is 4.12 Å². The van der Waals surface area contributed by atoms with Crippen molar-refractivity contribution in [1.29, 1.82) is 10.5 Å². The van der Waals surface area contributed by atoms with E-state index >= 15 is 0 Å². The first-order valence-corrected chi connectivity index (χ1v) is 8.75. The van der Waals surface area contributed by atoms with Crippen LogP contribution in [0.15, 0.2) is 25.3 Å². The average molecular weight is 273 g/mol. The number of nitrogens with zero attached hydrogens (tertiary/aromatic N) is 2. The van der Waals surface area contributed by atoms with E-state index in [1.165, 1.54) is 23.5 Å². The summed E-state index contributed by atoms with van der Waals surface area (Å²) in [7, 11) is -1.48. The Morgan fingerprint density at radius 3 is 1.73 bits per heavy atom. The van der Waals surface area contributed by atoms with Crippen molar-refractivity contribution in [3.05, 3.63) is 25.3 Å². The zero-order chi connectivity index (χ0) is 11.5. The minimum Gasteiger partial charge on any atom is -0.463 e. The molecule has 80 valence electrons. The van der Waals surface area contributed by atoms with Gasteiger partial charge in [0, 0.05) is 9.75 Å². The maximum atomic E-state index is 8.49. The third kappa shape index (κ3) is 7.48. The van der Waals surface area contributed by atoms with E-state index < -0.39 is 19.5 Å². The Hall–Kier alpha value is -0.446. The van der Waals surface area contributed by atoms with Crippen LogP contribution < -0.4 is 0 Å². The zero-order valence-electron chi connectivity index (χ0n) is 8.26. The van der Waals surface area contributed by atoms with Crippen molar-refractivity contribution in [3.8, 4) is 10.8 Å². The van der Waals surface area contributed by atoms with Gasteiger partial charge < -0.3 is 4.12 Å². The van der Waals surface area contributed by atoms with Crippen molar-refractivity contribution in [2.45, 2.75) is 9.75 Å². The number of nitriles is 2. The lowest BCUT2D eigenvalue weighted by atomic mass is 10.7. The van der Waals surface area contributed by atoms with Crippen molar-refractivity contribution in [2.75, 3.05) is 0 Å². The van der Waals surface area contributed by atoms with Crippen molar-refractivity contribution in [3.63, 3.8) is 0 Å². The summed E-state index contributed by atoms with van der Waals surface area (Å²) in [5.41, 5.74) is 0. The Balaban J connectivity index is 3.76. The van der Waals surface area contributed by atoms with Gasteiger partial charge in [0.25, 0.3) is 0 Å². The summed E-state index contributed by atoms with van der Waals surface area (Å²) in [5.74, 6) is 0. The summed E-state index contributed by atoms with van der Waals surface area (Å²) in [5, 5.41) is 21.0. The molecule has 2 unspecified atom stereocenters. The van der Waals surface area contributed by atoms with Crippen LogP contribution >= 0.6 is 23.5 Å². The molecule has 0 aromatic carbocycles. The smallest absolute Gasteiger partial charge is 0.164 e. The topological polar surface area (TPSA) is 56.8 Å². The van der Waals surface area contributed by atoms with E-state index in [1.807, 2.05) is 10.8 Å². The van der Waals surface area contributed by atoms with E-state index in [0.29, 0.717) is 0 Å². The Morgan fingerprint density at radius 1 is 1.07 bits per heavy atom. The Bertz CT molecular complexity index is 259. The molecule has 0 amide bonds. The molecule has 0 radical (unpaired) electrons. The third-order valence-corrected chi connectivity index (χ3v) is 7.73. The van der Waals surface area contributed by atoms with E-state index in [1.54, 1.807) is 12.2 Å². The Morgan fingerprint density at radius 2 is 1.47 bits per heavy atom. The Labute approximate surface area is 103 Å². The van der Waals surface area contributed by atoms with Gasteiger partial charge in [0.05, 0.1) is 0 Å². The fourth-order valence-corrected chi connectivity index (χ4v) is 6.60. The van der Waals surface area contributed by atoms with Crippen LogP contribution in [-0.4, -0.2) is 29.3 Å². The van der Waals surface area contributed by atoms with Crippen molar-refractivity contribution in [1.82, 2.24) is 0 Å². The quantitative estimate of drug-likeness (QED) is 0.368. The number of hydrogen-bond donors (Lipinski definition) is 0. The molecule has 0 aromatic heterocycles. The van der Waals surface area contributed by atoms with Crippen LogP contribution in [0.2, 0.25) is 0 Å². The molecule has 0 spiro atoms. The second kappa shape index (κ2) is 10.1. The van der Waals surface area contributed by atoms with Crippen LogP contribution in [0.1, 0.15) is 0 Å². The number of hydrogen-bond acceptors (Lipinski definition) is 5. The van der Waals surface area contributed by atoms with Crippen molar-refractivity contribution in [2.24, 2.45) is 0 Å². The van der Waals surface area contributed by atoms with Gasteiger partial charge in [0.2, 0.25) is 0 Å². The lowest BCUT2D eigenvalue weighted by Crippen LogP contribution is -2.21. The van der Waals surface area contributed by atoms with Gasteiger partial charge in [-0.25, -0.2) is 0 Å². The summed E-state index contributed by atoms with van der Waals surface area (Å²) in [6, 6.07) is 0. The van der Waals surface area contributed by atoms with Gasteiger partial charge in [-0.1, -0.05) is 12.2 Å². The molecule has 3 nitrogen and oxygen atoms in total. The highest BCUT2D eigenvalue weighted by atomic mass is 32.2. The van der Waals surface area contributed by atoms with Crippen LogP contribution in [0.3, 0.4) is 0 Å². The molecule has 0 fully saturated rings. The monoisotopic (exact) mass is 272 g/mol. The zero-order valence-corrected chi connectivity index (χ0v) is 12.7. The molecule has 7 heteroatoms. The third-order valence-electron chi connectivity index (χ3n) is 1.50. The molecule has 0 aliphatic carbocycles. The van der Waals surface area contributed by atoms with Crippen LogP contribution in [0.4, 0.5) is 0 Å². The first-order valence-electron chi connectivity index (χ1n) is 4.20. The largest absolute Gasteiger partial charge is 0.463 e. The standard InChI is InChI=1S/C8H12N2OS2Si2/c1-3-7(12-5-9)14-11-15-8(4-2)13-6-10/h3-4,7-8H,1-2,14-15H2. The summed E-state index contributed by atoms with van der Waals surface area (Å²) in [6.45, 7) is 7.31. The second-order valence-electron chi connectivity index (χ2n) is 2.50. The molecule has 15 heavy (non-hydrogen) atoms. The van der Waals surface area contributed by atoms with Crippen LogP contribution in [0.25, 0.3) is 0 Å². The van der Waals surface area contributed by atoms with Crippen molar-refractivity contribution >= 4 is 43.1 Å². The van der Waals surface area contributed by atoms with E-state index in [9.17, 15) is 0 Å². The molecule has 2 atom stereocenters. The number of thioether (sulfide) groups is 2. The predicted molar refractivity (Wildman–Crippen MR) is 72.6 cm³/mol. The van der Waals surface area contributed by atoms with E-state index in [-0.39, 0.29) is 9.75 Å². The highest BCUT2D eigenvalue weighted by Gasteiger charge is 2.09. The average Bonchev–Trinajstić information content (AvgIpc) is 2.26. The minimum absolute atomic E-state index is 0.153. The van der Waals surface area contributed by atoms with Gasteiger partial charge in [0.15, 0.2) is 19.5 Å². The van der Waals surface area contributed by atoms with Gasteiger partial charge >= 0.3 is 0 Å². The van der Waals surface area contributed by atoms with Crippen LogP contribution in [0.5, 0.6) is 0 Å². The lowest BCUT2D eigenvalue weighted by molar-refractivity contribution is 0.639. The highest BCUT2D eigenvalue weighted by molar-refractivity contribution is 8.05. The summed E-state index contributed by atoms with van der Waals surface area (Å²) >= 11 is 2.40. The summed E-state index contributed by atoms with van der Waals surface area (Å²) in [4.78, 5) is 0.306. The highest BCUT2D eigenvalue weighted by Crippen LogP contribution is 2.11. The van der Waals surface area contributed by atoms with Gasteiger partial charge in [-0.15, -0.1) is 13.2 Å². The maximum Gasteiger partial charge on any atom is 0.164 e. The minimum atomic E-state index is -0.741. The molecular formula is C8H12N2OS2Si2. The van der Waals surface area contributed by atoms with Gasteiger partial charge in [0.1, 0.15) is 10.8 Å². The predicted octanol–water partition coefficient (Wildman–Crippen LogP) is 0.623. The molecule has 0 rings (SSSR count). The number of rotatable bonds is 8. The first kappa shape index (κ1) is 14.6. The molecule has 0 aliphatic heterocycles. The molecule has 0 aromatic rings.